The number of imidazole rings is 1. The number of rotatable bonds is 11. The summed E-state index contributed by atoms with van der Waals surface area (Å²) in [5.41, 5.74) is 1.82. The number of hydrogen-bond donors (Lipinski definition) is 1. The summed E-state index contributed by atoms with van der Waals surface area (Å²) in [5.74, 6) is 0. The molecule has 0 fully saturated rings. The largest absolute Gasteiger partial charge is 0.338 e. The van der Waals surface area contributed by atoms with Crippen LogP contribution in [0.15, 0.2) is 18.9 Å². The van der Waals surface area contributed by atoms with Crippen molar-refractivity contribution in [3.63, 3.8) is 0 Å². The second kappa shape index (κ2) is 9.48. The van der Waals surface area contributed by atoms with Gasteiger partial charge in [-0.15, -0.1) is 0 Å². The molecular weight excluding hydrogens is 260 g/mol. The predicted molar refractivity (Wildman–Crippen MR) is 85.9 cm³/mol. The molecule has 0 saturated carbocycles. The number of H-pyrrole nitrogens is 1. The highest BCUT2D eigenvalue weighted by Gasteiger charge is 2.05. The maximum Gasteiger partial charge on any atom is 0.294 e. The van der Waals surface area contributed by atoms with Crippen molar-refractivity contribution in [1.82, 2.24) is 15.0 Å². The molecule has 0 spiro atoms. The fraction of sp³-hybridized carbons (Fsp3) is 0.706. The second-order valence-corrected chi connectivity index (χ2v) is 5.93. The Morgan fingerprint density at radius 3 is 2.29 bits per heavy atom. The van der Waals surface area contributed by atoms with Crippen molar-refractivity contribution < 1.29 is 4.57 Å². The molecular formula is C17H29N4+. The molecule has 0 saturated heterocycles. The third kappa shape index (κ3) is 5.82. The summed E-state index contributed by atoms with van der Waals surface area (Å²) in [6.07, 6.45) is 19.5. The first kappa shape index (κ1) is 15.9. The van der Waals surface area contributed by atoms with Crippen LogP contribution in [0.2, 0.25) is 0 Å². The molecule has 0 aromatic carbocycles. The number of aryl methyl sites for hydroxylation is 1. The lowest BCUT2D eigenvalue weighted by atomic mass is 10.1. The summed E-state index contributed by atoms with van der Waals surface area (Å²) in [6, 6.07) is 0. The standard InChI is InChI=1S/C17H28N4/c1-2-3-4-5-6-7-8-9-10-11-12-21-13-16-17(20-15-21)19-14-18-16/h13-15H,2-12H2,1H3/p+1. The Labute approximate surface area is 128 Å². The van der Waals surface area contributed by atoms with Gasteiger partial charge in [0, 0.05) is 0 Å². The third-order valence-electron chi connectivity index (χ3n) is 4.04. The first-order chi connectivity index (χ1) is 10.4. The van der Waals surface area contributed by atoms with Crippen molar-refractivity contribution in [2.75, 3.05) is 0 Å². The molecule has 2 rings (SSSR count). The first-order valence-electron chi connectivity index (χ1n) is 8.58. The van der Waals surface area contributed by atoms with Gasteiger partial charge in [-0.25, -0.2) is 4.57 Å². The van der Waals surface area contributed by atoms with Gasteiger partial charge in [0.25, 0.3) is 12.0 Å². The molecule has 2 heterocycles. The zero-order chi connectivity index (χ0) is 14.8. The average molecular weight is 289 g/mol. The highest BCUT2D eigenvalue weighted by atomic mass is 15.1. The van der Waals surface area contributed by atoms with Gasteiger partial charge in [0.2, 0.25) is 0 Å². The summed E-state index contributed by atoms with van der Waals surface area (Å²) in [4.78, 5) is 11.6. The van der Waals surface area contributed by atoms with E-state index in [1.54, 1.807) is 6.33 Å². The van der Waals surface area contributed by atoms with Crippen molar-refractivity contribution in [1.29, 1.82) is 0 Å². The minimum atomic E-state index is 0.800. The van der Waals surface area contributed by atoms with Crippen LogP contribution in [0.3, 0.4) is 0 Å². The first-order valence-corrected chi connectivity index (χ1v) is 8.58. The van der Waals surface area contributed by atoms with Crippen LogP contribution in [0, 0.1) is 0 Å². The number of aromatic amines is 1. The molecule has 1 N–H and O–H groups in total. The number of fused-ring (bicyclic) bond motifs is 1. The molecule has 2 aromatic heterocycles. The van der Waals surface area contributed by atoms with Crippen molar-refractivity contribution in [3.05, 3.63) is 18.9 Å². The maximum absolute atomic E-state index is 4.33. The average Bonchev–Trinajstić information content (AvgIpc) is 2.97. The van der Waals surface area contributed by atoms with Crippen LogP contribution in [-0.2, 0) is 6.54 Å². The molecule has 0 aliphatic heterocycles. The zero-order valence-corrected chi connectivity index (χ0v) is 13.4. The van der Waals surface area contributed by atoms with E-state index in [0.717, 1.165) is 17.7 Å². The SMILES string of the molecule is CCCCCCCCCCCC[n+]1cnc2nc[nH]c2c1. The maximum atomic E-state index is 4.33. The highest BCUT2D eigenvalue weighted by molar-refractivity contribution is 5.66. The monoisotopic (exact) mass is 289 g/mol. The van der Waals surface area contributed by atoms with Gasteiger partial charge in [-0.3, -0.25) is 0 Å². The third-order valence-corrected chi connectivity index (χ3v) is 4.04. The van der Waals surface area contributed by atoms with Gasteiger partial charge in [0.1, 0.15) is 6.20 Å². The molecule has 0 radical (unpaired) electrons. The van der Waals surface area contributed by atoms with Crippen molar-refractivity contribution in [2.24, 2.45) is 0 Å². The van der Waals surface area contributed by atoms with Gasteiger partial charge in [0.05, 0.1) is 12.9 Å². The molecule has 21 heavy (non-hydrogen) atoms. The summed E-state index contributed by atoms with van der Waals surface area (Å²) in [7, 11) is 0. The Hall–Kier alpha value is -1.45. The van der Waals surface area contributed by atoms with Crippen LogP contribution in [0.25, 0.3) is 11.2 Å². The summed E-state index contributed by atoms with van der Waals surface area (Å²) in [5, 5.41) is 0. The topological polar surface area (TPSA) is 45.5 Å². The molecule has 116 valence electrons. The van der Waals surface area contributed by atoms with E-state index in [1.807, 2.05) is 6.33 Å². The normalized spacial score (nSPS) is 11.3. The number of hydrogen-bond acceptors (Lipinski definition) is 2. The van der Waals surface area contributed by atoms with Crippen LogP contribution in [0.4, 0.5) is 0 Å². The summed E-state index contributed by atoms with van der Waals surface area (Å²) >= 11 is 0. The Bertz CT molecular complexity index is 506. The van der Waals surface area contributed by atoms with Crippen molar-refractivity contribution >= 4 is 11.2 Å². The lowest BCUT2D eigenvalue weighted by molar-refractivity contribution is -0.698. The zero-order valence-electron chi connectivity index (χ0n) is 13.4. The van der Waals surface area contributed by atoms with Crippen LogP contribution in [0.1, 0.15) is 71.1 Å². The Kier molecular flexibility index (Phi) is 7.19. The number of nitrogens with zero attached hydrogens (tertiary/aromatic N) is 3. The summed E-state index contributed by atoms with van der Waals surface area (Å²) in [6.45, 7) is 3.33. The van der Waals surface area contributed by atoms with E-state index in [4.69, 9.17) is 0 Å². The van der Waals surface area contributed by atoms with Gasteiger partial charge in [-0.2, -0.15) is 4.98 Å². The molecule has 0 aliphatic rings. The fourth-order valence-corrected chi connectivity index (χ4v) is 2.73. The van der Waals surface area contributed by atoms with E-state index in [2.05, 4.69) is 32.6 Å². The van der Waals surface area contributed by atoms with E-state index in [0.29, 0.717) is 0 Å². The molecule has 4 heteroatoms. The fourth-order valence-electron chi connectivity index (χ4n) is 2.73. The number of unbranched alkanes of at least 4 members (excludes halogenated alkanes) is 9. The Morgan fingerprint density at radius 2 is 1.57 bits per heavy atom. The molecule has 0 unspecified atom stereocenters. The van der Waals surface area contributed by atoms with Crippen LogP contribution in [0.5, 0.6) is 0 Å². The summed E-state index contributed by atoms with van der Waals surface area (Å²) < 4.78 is 2.16. The lowest BCUT2D eigenvalue weighted by Crippen LogP contribution is -2.33. The van der Waals surface area contributed by atoms with Gasteiger partial charge in [0.15, 0.2) is 5.52 Å². The minimum Gasteiger partial charge on any atom is -0.338 e. The van der Waals surface area contributed by atoms with Gasteiger partial charge in [-0.1, -0.05) is 58.3 Å². The highest BCUT2D eigenvalue weighted by Crippen LogP contribution is 2.10. The molecule has 0 aliphatic carbocycles. The second-order valence-electron chi connectivity index (χ2n) is 5.93. The minimum absolute atomic E-state index is 0.800. The quantitative estimate of drug-likeness (QED) is 0.498. The van der Waals surface area contributed by atoms with E-state index in [9.17, 15) is 0 Å². The van der Waals surface area contributed by atoms with Crippen LogP contribution < -0.4 is 4.57 Å². The van der Waals surface area contributed by atoms with Gasteiger partial charge in [-0.05, 0) is 17.8 Å². The van der Waals surface area contributed by atoms with E-state index < -0.39 is 0 Å². The van der Waals surface area contributed by atoms with Gasteiger partial charge < -0.3 is 4.98 Å². The number of aromatic nitrogens is 4. The van der Waals surface area contributed by atoms with Crippen molar-refractivity contribution in [2.45, 2.75) is 77.7 Å². The lowest BCUT2D eigenvalue weighted by Gasteiger charge is -2.02. The predicted octanol–water partition coefficient (Wildman–Crippen LogP) is 4.17. The molecule has 0 bridgehead atoms. The van der Waals surface area contributed by atoms with E-state index in [-0.39, 0.29) is 0 Å². The molecule has 0 atom stereocenters. The van der Waals surface area contributed by atoms with Crippen LogP contribution >= 0.6 is 0 Å². The molecule has 2 aromatic rings. The number of nitrogens with one attached hydrogen (secondary N) is 1. The van der Waals surface area contributed by atoms with E-state index >= 15 is 0 Å². The Morgan fingerprint density at radius 1 is 0.905 bits per heavy atom. The van der Waals surface area contributed by atoms with Crippen molar-refractivity contribution in [3.8, 4) is 0 Å². The van der Waals surface area contributed by atoms with Gasteiger partial charge >= 0.3 is 0 Å². The molecule has 0 amide bonds. The van der Waals surface area contributed by atoms with Crippen LogP contribution in [-0.4, -0.2) is 15.0 Å². The Balaban J connectivity index is 1.49. The molecule has 4 nitrogen and oxygen atoms in total. The van der Waals surface area contributed by atoms with E-state index in [1.165, 1.54) is 64.2 Å². The smallest absolute Gasteiger partial charge is 0.294 e.